The van der Waals surface area contributed by atoms with E-state index in [1.807, 2.05) is 0 Å². The van der Waals surface area contributed by atoms with Gasteiger partial charge in [-0.1, -0.05) is 55.5 Å². The van der Waals surface area contributed by atoms with Crippen molar-refractivity contribution in [1.82, 2.24) is 0 Å². The van der Waals surface area contributed by atoms with Gasteiger partial charge in [0.2, 0.25) is 0 Å². The Hall–Kier alpha value is -1.46. The molecule has 0 N–H and O–H groups in total. The number of fused-ring (bicyclic) bond motifs is 1. The molecule has 2 aromatic carbocycles. The molecule has 2 aromatic rings. The first-order valence-electron chi connectivity index (χ1n) is 6.26. The van der Waals surface area contributed by atoms with E-state index in [4.69, 9.17) is 4.99 Å². The average molecular weight is 253 g/mol. The number of hydrogen-bond acceptors (Lipinski definition) is 1. The quantitative estimate of drug-likeness (QED) is 0.692. The Balaban J connectivity index is 2.18. The minimum atomic E-state index is 0.515. The van der Waals surface area contributed by atoms with Crippen LogP contribution in [0.4, 0.5) is 0 Å². The molecule has 1 aliphatic heterocycles. The summed E-state index contributed by atoms with van der Waals surface area (Å²) >= 11 is 0. The van der Waals surface area contributed by atoms with E-state index in [1.165, 1.54) is 22.0 Å². The second kappa shape index (κ2) is 4.66. The van der Waals surface area contributed by atoms with Gasteiger partial charge in [-0.05, 0) is 10.9 Å². The summed E-state index contributed by atoms with van der Waals surface area (Å²) in [4.78, 5) is 4.79. The molecule has 1 aliphatic rings. The van der Waals surface area contributed by atoms with Crippen molar-refractivity contribution < 1.29 is 0 Å². The third-order valence-corrected chi connectivity index (χ3v) is 3.99. The summed E-state index contributed by atoms with van der Waals surface area (Å²) < 4.78 is 0. The van der Waals surface area contributed by atoms with Crippen LogP contribution >= 0.6 is 9.24 Å². The van der Waals surface area contributed by atoms with Gasteiger partial charge in [-0.3, -0.25) is 4.99 Å². The number of hydrogen-bond donors (Lipinski definition) is 0. The number of nitrogens with zero attached hydrogens (tertiary/aromatic N) is 1. The van der Waals surface area contributed by atoms with Crippen LogP contribution < -0.4 is 5.30 Å². The van der Waals surface area contributed by atoms with Crippen molar-refractivity contribution in [2.24, 2.45) is 4.99 Å². The second-order valence-electron chi connectivity index (χ2n) is 4.76. The SMILES string of the molecule is CC1CN=C(c2ccccc2P)c2ccccc21. The van der Waals surface area contributed by atoms with E-state index in [-0.39, 0.29) is 0 Å². The molecule has 0 spiro atoms. The monoisotopic (exact) mass is 253 g/mol. The minimum Gasteiger partial charge on any atom is -0.283 e. The molecule has 18 heavy (non-hydrogen) atoms. The van der Waals surface area contributed by atoms with Crippen LogP contribution in [0.2, 0.25) is 0 Å². The van der Waals surface area contributed by atoms with Gasteiger partial charge in [-0.25, -0.2) is 0 Å². The van der Waals surface area contributed by atoms with Crippen molar-refractivity contribution in [3.63, 3.8) is 0 Å². The van der Waals surface area contributed by atoms with Gasteiger partial charge in [0, 0.05) is 23.6 Å². The maximum atomic E-state index is 4.79. The number of benzene rings is 2. The molecule has 0 saturated heterocycles. The van der Waals surface area contributed by atoms with Gasteiger partial charge >= 0.3 is 0 Å². The number of aliphatic imine (C=N–C) groups is 1. The van der Waals surface area contributed by atoms with Crippen LogP contribution in [-0.4, -0.2) is 12.3 Å². The summed E-state index contributed by atoms with van der Waals surface area (Å²) in [6, 6.07) is 17.0. The molecule has 0 aromatic heterocycles. The van der Waals surface area contributed by atoms with Gasteiger partial charge in [0.25, 0.3) is 0 Å². The summed E-state index contributed by atoms with van der Waals surface area (Å²) in [5.41, 5.74) is 5.05. The zero-order valence-electron chi connectivity index (χ0n) is 10.4. The second-order valence-corrected chi connectivity index (χ2v) is 5.39. The Kier molecular flexibility index (Phi) is 3.01. The molecule has 0 saturated carbocycles. The van der Waals surface area contributed by atoms with Crippen molar-refractivity contribution in [3.8, 4) is 0 Å². The van der Waals surface area contributed by atoms with Gasteiger partial charge in [-0.15, -0.1) is 9.24 Å². The molecule has 2 unspecified atom stereocenters. The molecular formula is C16H16NP. The van der Waals surface area contributed by atoms with E-state index in [0.29, 0.717) is 5.92 Å². The molecule has 90 valence electrons. The van der Waals surface area contributed by atoms with E-state index in [1.54, 1.807) is 0 Å². The van der Waals surface area contributed by atoms with E-state index in [9.17, 15) is 0 Å². The summed E-state index contributed by atoms with van der Waals surface area (Å²) in [6.07, 6.45) is 0. The lowest BCUT2D eigenvalue weighted by Crippen LogP contribution is -2.20. The summed E-state index contributed by atoms with van der Waals surface area (Å²) in [6.45, 7) is 3.12. The molecule has 1 heterocycles. The smallest absolute Gasteiger partial charge is 0.0728 e. The molecule has 1 nitrogen and oxygen atoms in total. The van der Waals surface area contributed by atoms with Crippen molar-refractivity contribution in [3.05, 3.63) is 65.2 Å². The zero-order valence-corrected chi connectivity index (χ0v) is 11.6. The zero-order chi connectivity index (χ0) is 12.5. The fraction of sp³-hybridized carbons (Fsp3) is 0.188. The molecule has 3 rings (SSSR count). The lowest BCUT2D eigenvalue weighted by atomic mass is 9.88. The van der Waals surface area contributed by atoms with Gasteiger partial charge in [0.1, 0.15) is 0 Å². The Morgan fingerprint density at radius 1 is 1.00 bits per heavy atom. The third-order valence-electron chi connectivity index (χ3n) is 3.49. The van der Waals surface area contributed by atoms with E-state index in [0.717, 1.165) is 12.3 Å². The first kappa shape index (κ1) is 11.6. The maximum Gasteiger partial charge on any atom is 0.0728 e. The highest BCUT2D eigenvalue weighted by Gasteiger charge is 2.20. The van der Waals surface area contributed by atoms with Crippen LogP contribution in [0.25, 0.3) is 0 Å². The van der Waals surface area contributed by atoms with Crippen LogP contribution in [0, 0.1) is 0 Å². The first-order chi connectivity index (χ1) is 8.77. The molecule has 2 heteroatoms. The Morgan fingerprint density at radius 3 is 2.44 bits per heavy atom. The van der Waals surface area contributed by atoms with Crippen LogP contribution in [0.15, 0.2) is 53.5 Å². The first-order valence-corrected chi connectivity index (χ1v) is 6.83. The highest BCUT2D eigenvalue weighted by Crippen LogP contribution is 2.27. The Bertz CT molecular complexity index is 616. The summed E-state index contributed by atoms with van der Waals surface area (Å²) in [7, 11) is 2.80. The largest absolute Gasteiger partial charge is 0.283 e. The van der Waals surface area contributed by atoms with E-state index >= 15 is 0 Å². The molecule has 0 fully saturated rings. The molecule has 2 atom stereocenters. The lowest BCUT2D eigenvalue weighted by Gasteiger charge is -2.23. The van der Waals surface area contributed by atoms with Crippen molar-refractivity contribution in [1.29, 1.82) is 0 Å². The predicted molar refractivity (Wildman–Crippen MR) is 81.1 cm³/mol. The average Bonchev–Trinajstić information content (AvgIpc) is 2.41. The maximum absolute atomic E-state index is 4.79. The Morgan fingerprint density at radius 2 is 1.67 bits per heavy atom. The van der Waals surface area contributed by atoms with Gasteiger partial charge < -0.3 is 0 Å². The van der Waals surface area contributed by atoms with Gasteiger partial charge in [0.15, 0.2) is 0 Å². The molecule has 0 radical (unpaired) electrons. The van der Waals surface area contributed by atoms with E-state index < -0.39 is 0 Å². The fourth-order valence-electron chi connectivity index (χ4n) is 2.50. The lowest BCUT2D eigenvalue weighted by molar-refractivity contribution is 0.761. The highest BCUT2D eigenvalue weighted by atomic mass is 31.0. The fourth-order valence-corrected chi connectivity index (χ4v) is 2.84. The van der Waals surface area contributed by atoms with Gasteiger partial charge in [-0.2, -0.15) is 0 Å². The van der Waals surface area contributed by atoms with Crippen molar-refractivity contribution in [2.45, 2.75) is 12.8 Å². The molecule has 0 amide bonds. The normalized spacial score (nSPS) is 18.1. The summed E-state index contributed by atoms with van der Waals surface area (Å²) in [5.74, 6) is 0.515. The van der Waals surface area contributed by atoms with Crippen LogP contribution in [0.1, 0.15) is 29.5 Å². The number of rotatable bonds is 1. The Labute approximate surface area is 110 Å². The summed E-state index contributed by atoms with van der Waals surface area (Å²) in [5, 5.41) is 1.21. The standard InChI is InChI=1S/C16H16NP/c1-11-10-17-16(13-7-3-2-6-12(11)13)14-8-4-5-9-15(14)18/h2-9,11H,10,18H2,1H3. The molecule has 0 aliphatic carbocycles. The topological polar surface area (TPSA) is 12.4 Å². The predicted octanol–water partition coefficient (Wildman–Crippen LogP) is 3.14. The highest BCUT2D eigenvalue weighted by molar-refractivity contribution is 7.27. The minimum absolute atomic E-state index is 0.515. The van der Waals surface area contributed by atoms with Crippen LogP contribution in [-0.2, 0) is 0 Å². The van der Waals surface area contributed by atoms with E-state index in [2.05, 4.69) is 64.7 Å². The van der Waals surface area contributed by atoms with Crippen molar-refractivity contribution in [2.75, 3.05) is 6.54 Å². The molecule has 0 bridgehead atoms. The van der Waals surface area contributed by atoms with Gasteiger partial charge in [0.05, 0.1) is 5.71 Å². The molecular weight excluding hydrogens is 237 g/mol. The van der Waals surface area contributed by atoms with Crippen LogP contribution in [0.3, 0.4) is 0 Å². The third kappa shape index (κ3) is 1.89. The van der Waals surface area contributed by atoms with Crippen molar-refractivity contribution >= 4 is 20.3 Å². The van der Waals surface area contributed by atoms with Crippen LogP contribution in [0.5, 0.6) is 0 Å².